The van der Waals surface area contributed by atoms with Crippen LogP contribution in [-0.2, 0) is 0 Å². The minimum Gasteiger partial charge on any atom is -0.504 e. The Bertz CT molecular complexity index is 1160. The number of fused-ring (bicyclic) bond motifs is 1. The molecule has 0 bridgehead atoms. The van der Waals surface area contributed by atoms with Gasteiger partial charge in [0.05, 0.1) is 16.8 Å². The Balaban J connectivity index is 1.63. The number of benzene rings is 1. The number of nitrogens with one attached hydrogen (secondary N) is 3. The summed E-state index contributed by atoms with van der Waals surface area (Å²) >= 11 is 0. The molecular formula is C23H25FN6O. The first kappa shape index (κ1) is 19.7. The number of aliphatic hydroxyl groups is 1. The van der Waals surface area contributed by atoms with Gasteiger partial charge in [-0.1, -0.05) is 0 Å². The molecule has 1 saturated carbocycles. The molecule has 0 radical (unpaired) electrons. The van der Waals surface area contributed by atoms with Gasteiger partial charge in [-0.25, -0.2) is 14.4 Å². The number of nitrogens with zero attached hydrogens (tertiary/aromatic N) is 3. The summed E-state index contributed by atoms with van der Waals surface area (Å²) < 4.78 is 14.6. The fourth-order valence-corrected chi connectivity index (χ4v) is 4.15. The van der Waals surface area contributed by atoms with Gasteiger partial charge in [0, 0.05) is 62.0 Å². The third-order valence-electron chi connectivity index (χ3n) is 5.97. The molecule has 31 heavy (non-hydrogen) atoms. The van der Waals surface area contributed by atoms with Crippen LogP contribution >= 0.6 is 0 Å². The zero-order valence-electron chi connectivity index (χ0n) is 17.4. The SMILES string of the molecule is CN/C=C1/C=C(c2nc(C3CC3)c3cc(N4CCNCC4)ccc3n2)C(O)=C(F)C1=N. The van der Waals surface area contributed by atoms with Crippen LogP contribution in [0, 0.1) is 5.41 Å². The summed E-state index contributed by atoms with van der Waals surface area (Å²) in [5, 5.41) is 25.6. The van der Waals surface area contributed by atoms with Crippen LogP contribution in [0.25, 0.3) is 16.5 Å². The number of hydrogen-bond acceptors (Lipinski definition) is 7. The van der Waals surface area contributed by atoms with Gasteiger partial charge in [0.15, 0.2) is 17.4 Å². The van der Waals surface area contributed by atoms with E-state index >= 15 is 0 Å². The molecule has 160 valence electrons. The average Bonchev–Trinajstić information content (AvgIpc) is 3.64. The van der Waals surface area contributed by atoms with Crippen LogP contribution in [0.5, 0.6) is 0 Å². The lowest BCUT2D eigenvalue weighted by Gasteiger charge is -2.29. The van der Waals surface area contributed by atoms with E-state index in [2.05, 4.69) is 32.7 Å². The summed E-state index contributed by atoms with van der Waals surface area (Å²) in [6.07, 6.45) is 5.21. The maximum atomic E-state index is 14.6. The highest BCUT2D eigenvalue weighted by Gasteiger charge is 2.31. The third kappa shape index (κ3) is 3.57. The van der Waals surface area contributed by atoms with E-state index in [4.69, 9.17) is 10.4 Å². The lowest BCUT2D eigenvalue weighted by Crippen LogP contribution is -2.43. The molecule has 0 atom stereocenters. The summed E-state index contributed by atoms with van der Waals surface area (Å²) in [6.45, 7) is 3.85. The quantitative estimate of drug-likeness (QED) is 0.607. The molecule has 2 aliphatic carbocycles. The monoisotopic (exact) mass is 420 g/mol. The third-order valence-corrected chi connectivity index (χ3v) is 5.97. The Morgan fingerprint density at radius 2 is 2.03 bits per heavy atom. The van der Waals surface area contributed by atoms with Crippen LogP contribution in [0.1, 0.15) is 30.3 Å². The van der Waals surface area contributed by atoms with E-state index in [1.54, 1.807) is 13.1 Å². The summed E-state index contributed by atoms with van der Waals surface area (Å²) in [4.78, 5) is 11.8. The number of piperazine rings is 1. The maximum absolute atomic E-state index is 14.6. The zero-order chi connectivity index (χ0) is 21.5. The fourth-order valence-electron chi connectivity index (χ4n) is 4.15. The molecule has 1 saturated heterocycles. The number of halogens is 1. The molecule has 5 rings (SSSR count). The van der Waals surface area contributed by atoms with E-state index in [-0.39, 0.29) is 17.1 Å². The molecule has 1 aromatic heterocycles. The van der Waals surface area contributed by atoms with Crippen molar-refractivity contribution < 1.29 is 9.50 Å². The molecule has 2 heterocycles. The first-order chi connectivity index (χ1) is 15.1. The van der Waals surface area contributed by atoms with E-state index in [0.717, 1.165) is 61.3 Å². The summed E-state index contributed by atoms with van der Waals surface area (Å²) in [5.74, 6) is -0.915. The average molecular weight is 420 g/mol. The van der Waals surface area contributed by atoms with E-state index in [1.807, 2.05) is 6.07 Å². The van der Waals surface area contributed by atoms with Gasteiger partial charge in [-0.3, -0.25) is 5.41 Å². The van der Waals surface area contributed by atoms with Gasteiger partial charge in [-0.2, -0.15) is 0 Å². The lowest BCUT2D eigenvalue weighted by atomic mass is 9.97. The summed E-state index contributed by atoms with van der Waals surface area (Å²) in [7, 11) is 1.68. The second kappa shape index (κ2) is 7.77. The largest absolute Gasteiger partial charge is 0.504 e. The topological polar surface area (TPSA) is 97.2 Å². The highest BCUT2D eigenvalue weighted by atomic mass is 19.1. The van der Waals surface area contributed by atoms with Crippen molar-refractivity contribution in [2.24, 2.45) is 0 Å². The molecule has 1 aromatic carbocycles. The van der Waals surface area contributed by atoms with Gasteiger partial charge in [0.2, 0.25) is 0 Å². The van der Waals surface area contributed by atoms with Crippen LogP contribution in [0.3, 0.4) is 0 Å². The smallest absolute Gasteiger partial charge is 0.191 e. The van der Waals surface area contributed by atoms with Gasteiger partial charge in [0.1, 0.15) is 5.71 Å². The number of anilines is 1. The molecular weight excluding hydrogens is 395 g/mol. The van der Waals surface area contributed by atoms with Gasteiger partial charge in [-0.05, 0) is 37.1 Å². The second-order valence-electron chi connectivity index (χ2n) is 8.13. The molecule has 3 aliphatic rings. The predicted molar refractivity (Wildman–Crippen MR) is 120 cm³/mol. The maximum Gasteiger partial charge on any atom is 0.191 e. The Kier molecular flexibility index (Phi) is 4.94. The van der Waals surface area contributed by atoms with Crippen LogP contribution in [0.4, 0.5) is 10.1 Å². The normalized spacial score (nSPS) is 21.1. The number of allylic oxidation sites excluding steroid dienone is 4. The molecule has 2 fully saturated rings. The molecule has 2 aromatic rings. The molecule has 7 nitrogen and oxygen atoms in total. The van der Waals surface area contributed by atoms with Crippen molar-refractivity contribution in [1.82, 2.24) is 20.6 Å². The van der Waals surface area contributed by atoms with Crippen molar-refractivity contribution in [1.29, 1.82) is 5.41 Å². The van der Waals surface area contributed by atoms with Crippen molar-refractivity contribution in [3.05, 3.63) is 59.2 Å². The Morgan fingerprint density at radius 3 is 2.74 bits per heavy atom. The Morgan fingerprint density at radius 1 is 1.26 bits per heavy atom. The standard InChI is InChI=1S/C23H25FN6O/c1-26-12-14-10-17(22(31)19(24)20(14)25)23-28-18-5-4-15(30-8-6-27-7-9-30)11-16(18)21(29-23)13-2-3-13/h4-5,10-13,25-27,31H,2-3,6-9H2,1H3/b14-12-,25-20?. The number of hydrogen-bond donors (Lipinski definition) is 4. The summed E-state index contributed by atoms with van der Waals surface area (Å²) in [5.41, 5.74) is 3.05. The van der Waals surface area contributed by atoms with Gasteiger partial charge >= 0.3 is 0 Å². The van der Waals surface area contributed by atoms with Crippen LogP contribution in [0.2, 0.25) is 0 Å². The number of aliphatic hydroxyl groups excluding tert-OH is 1. The fraction of sp³-hybridized carbons (Fsp3) is 0.348. The number of aromatic nitrogens is 2. The van der Waals surface area contributed by atoms with Gasteiger partial charge < -0.3 is 20.6 Å². The van der Waals surface area contributed by atoms with E-state index in [0.29, 0.717) is 11.5 Å². The van der Waals surface area contributed by atoms with Crippen molar-refractivity contribution >= 4 is 27.9 Å². The zero-order valence-corrected chi connectivity index (χ0v) is 17.4. The molecule has 1 aliphatic heterocycles. The minimum atomic E-state index is -0.968. The lowest BCUT2D eigenvalue weighted by molar-refractivity contribution is 0.413. The second-order valence-corrected chi connectivity index (χ2v) is 8.13. The van der Waals surface area contributed by atoms with Gasteiger partial charge in [-0.15, -0.1) is 0 Å². The van der Waals surface area contributed by atoms with Crippen LogP contribution in [0.15, 0.2) is 47.6 Å². The first-order valence-corrected chi connectivity index (χ1v) is 10.6. The Labute approximate surface area is 179 Å². The van der Waals surface area contributed by atoms with Crippen molar-refractivity contribution in [2.45, 2.75) is 18.8 Å². The molecule has 0 amide bonds. The molecule has 0 unspecified atom stereocenters. The molecule has 8 heteroatoms. The van der Waals surface area contributed by atoms with Crippen molar-refractivity contribution in [3.63, 3.8) is 0 Å². The predicted octanol–water partition coefficient (Wildman–Crippen LogP) is 3.18. The highest BCUT2D eigenvalue weighted by Crippen LogP contribution is 2.43. The van der Waals surface area contributed by atoms with E-state index in [9.17, 15) is 9.50 Å². The van der Waals surface area contributed by atoms with Crippen LogP contribution < -0.4 is 15.5 Å². The minimum absolute atomic E-state index is 0.199. The van der Waals surface area contributed by atoms with Gasteiger partial charge in [0.25, 0.3) is 0 Å². The summed E-state index contributed by atoms with van der Waals surface area (Å²) in [6, 6.07) is 6.21. The van der Waals surface area contributed by atoms with E-state index in [1.165, 1.54) is 6.20 Å². The first-order valence-electron chi connectivity index (χ1n) is 10.6. The van der Waals surface area contributed by atoms with E-state index < -0.39 is 11.6 Å². The van der Waals surface area contributed by atoms with Crippen LogP contribution in [-0.4, -0.2) is 54.0 Å². The van der Waals surface area contributed by atoms with Crippen molar-refractivity contribution in [3.8, 4) is 0 Å². The van der Waals surface area contributed by atoms with Crippen molar-refractivity contribution in [2.75, 3.05) is 38.1 Å². The molecule has 0 spiro atoms. The number of rotatable bonds is 4. The highest BCUT2D eigenvalue weighted by molar-refractivity contribution is 6.16. The molecule has 4 N–H and O–H groups in total. The Hall–Kier alpha value is -3.26.